The Morgan fingerprint density at radius 2 is 0.674 bits per heavy atom. The number of epoxide rings is 9. The highest BCUT2D eigenvalue weighted by atomic mass is 28.5. The number of fused-ring (bicyclic) bond motifs is 17. The first kappa shape index (κ1) is 115. The first-order valence-electron chi connectivity index (χ1n) is 54.6. The van der Waals surface area contributed by atoms with Gasteiger partial charge in [0.15, 0.2) is 66.5 Å². The second-order valence-corrected chi connectivity index (χ2v) is 102. The van der Waals surface area contributed by atoms with Gasteiger partial charge in [0.25, 0.3) is 0 Å². The van der Waals surface area contributed by atoms with Gasteiger partial charge in [0.05, 0.1) is 109 Å². The van der Waals surface area contributed by atoms with Crippen LogP contribution in [-0.4, -0.2) is 229 Å². The Hall–Kier alpha value is 1.80. The molecule has 20 nitrogen and oxygen atoms in total. The fourth-order valence-corrected chi connectivity index (χ4v) is 79.7. The first-order chi connectivity index (χ1) is 60.8. The van der Waals surface area contributed by atoms with E-state index in [2.05, 4.69) is 152 Å². The Morgan fingerprint density at radius 1 is 0.319 bits per heavy atom. The molecule has 32 heteroatoms. The van der Waals surface area contributed by atoms with E-state index >= 15 is 0 Å². The Balaban J connectivity index is 0.000000151. The average molecular weight is 2100 g/mol. The highest BCUT2D eigenvalue weighted by Gasteiger charge is 2.69. The van der Waals surface area contributed by atoms with Crippen LogP contribution >= 0.6 is 0 Å². The lowest BCUT2D eigenvalue weighted by molar-refractivity contribution is 0.170. The van der Waals surface area contributed by atoms with Crippen molar-refractivity contribution in [2.45, 2.75) is 570 Å². The molecule has 0 aromatic heterocycles. The van der Waals surface area contributed by atoms with Gasteiger partial charge in [-0.25, -0.2) is 0 Å². The lowest BCUT2D eigenvalue weighted by Crippen LogP contribution is -2.57. The Bertz CT molecular complexity index is 3620. The number of hydrogen-bond acceptors (Lipinski definition) is 20. The molecule has 32 unspecified atom stereocenters. The van der Waals surface area contributed by atoms with Crippen LogP contribution in [0.5, 0.6) is 0 Å². The van der Waals surface area contributed by atoms with Gasteiger partial charge in [0, 0.05) is 12.1 Å². The van der Waals surface area contributed by atoms with Gasteiger partial charge >= 0.3 is 34.7 Å². The van der Waals surface area contributed by atoms with Crippen LogP contribution in [0.15, 0.2) is 0 Å². The van der Waals surface area contributed by atoms with Gasteiger partial charge in [-0.05, 0) is 469 Å². The molecule has 20 aliphatic rings. The fraction of sp³-hybridized carbons (Fsp3) is 1.00. The molecule has 9 saturated heterocycles. The quantitative estimate of drug-likeness (QED) is 0.0328. The molecule has 4 bridgehead atoms. The number of hydrogen-bond donors (Lipinski definition) is 4. The summed E-state index contributed by atoms with van der Waals surface area (Å²) < 4.78 is 97.4. The van der Waals surface area contributed by atoms with E-state index in [1.54, 1.807) is 13.1 Å². The Morgan fingerprint density at radius 3 is 1.01 bits per heavy atom. The number of rotatable bonds is 41. The second-order valence-electron chi connectivity index (χ2n) is 54.6. The summed E-state index contributed by atoms with van der Waals surface area (Å²) in [4.78, 5) is 41.8. The fourth-order valence-electron chi connectivity index (χ4n) is 29.5. The number of ether oxygens (including phenoxy) is 9. The SMILES string of the molecule is C.C.C.C.CC(C[Si](C)(C)O[Si](C)(C)CC(C)C1CCC2(C)OC2C1)C1CCC2(C)OC2C1.C[Si](C)(C)O[Si](C)(CCC1CCC2OC2C1)O[Si](C)(C)C.C[Si](C)(CCC1CC2CC1C1OC21)O[Si](C)(C)CCC12CCC(C1)C1OC12.C[Si](C)(CCC1CCC2OC2C1)O[Si](C)(C)CCC1CCC2OC2C1.C[Si](C)(O[Si](O)(O)CCC1CCC2OC2C1)O[Si](O)(O)CCC1CCC2OC2C1. The smallest absolute Gasteiger partial charge is 0.455 e. The monoisotopic (exact) mass is 2100 g/mol. The third-order valence-corrected chi connectivity index (χ3v) is 76.8. The molecule has 9 aliphatic heterocycles. The largest absolute Gasteiger partial charge is 0.486 e. The maximum Gasteiger partial charge on any atom is 0.486 e. The topological polar surface area (TPSA) is 258 Å². The summed E-state index contributed by atoms with van der Waals surface area (Å²) in [6, 6.07) is 9.58. The molecule has 11 aliphatic carbocycles. The molecular formula is C103H208O20Si12. The molecule has 9 heterocycles. The van der Waals surface area contributed by atoms with Crippen molar-refractivity contribution in [1.82, 2.24) is 0 Å². The van der Waals surface area contributed by atoms with Crippen LogP contribution in [0.3, 0.4) is 0 Å². The zero-order valence-corrected chi connectivity index (χ0v) is 99.3. The highest BCUT2D eigenvalue weighted by Crippen LogP contribution is 2.67. The van der Waals surface area contributed by atoms with E-state index in [0.717, 1.165) is 110 Å². The van der Waals surface area contributed by atoms with Crippen molar-refractivity contribution in [3.8, 4) is 0 Å². The van der Waals surface area contributed by atoms with Gasteiger partial charge in [-0.2, -0.15) is 0 Å². The van der Waals surface area contributed by atoms with Crippen molar-refractivity contribution in [1.29, 1.82) is 0 Å². The third-order valence-electron chi connectivity index (χ3n) is 36.4. The molecule has 0 aromatic rings. The molecule has 20 fully saturated rings. The zero-order valence-electron chi connectivity index (χ0n) is 87.3. The summed E-state index contributed by atoms with van der Waals surface area (Å²) in [5.74, 6) is 10.4. The van der Waals surface area contributed by atoms with Crippen molar-refractivity contribution in [2.24, 2.45) is 82.3 Å². The van der Waals surface area contributed by atoms with Crippen LogP contribution in [0.25, 0.3) is 0 Å². The summed E-state index contributed by atoms with van der Waals surface area (Å²) in [5, 5.41) is 0. The summed E-state index contributed by atoms with van der Waals surface area (Å²) in [5.41, 5.74) is 1.04. The van der Waals surface area contributed by atoms with E-state index in [-0.39, 0.29) is 53.0 Å². The molecule has 11 saturated carbocycles. The summed E-state index contributed by atoms with van der Waals surface area (Å²) in [6.45, 7) is 58.6. The minimum atomic E-state index is -3.91. The van der Waals surface area contributed by atoms with Crippen molar-refractivity contribution in [3.05, 3.63) is 0 Å². The predicted molar refractivity (Wildman–Crippen MR) is 578 cm³/mol. The van der Waals surface area contributed by atoms with Crippen molar-refractivity contribution in [3.63, 3.8) is 0 Å². The molecule has 788 valence electrons. The minimum absolute atomic E-state index is 0. The van der Waals surface area contributed by atoms with Gasteiger partial charge in [-0.3, -0.25) is 0 Å². The Labute approximate surface area is 838 Å². The van der Waals surface area contributed by atoms with Crippen molar-refractivity contribution in [2.75, 3.05) is 0 Å². The van der Waals surface area contributed by atoms with Gasteiger partial charge in [0.1, 0.15) is 0 Å². The van der Waals surface area contributed by atoms with Gasteiger partial charge < -0.3 is 90.6 Å². The van der Waals surface area contributed by atoms with E-state index < -0.39 is 101 Å². The lowest BCUT2D eigenvalue weighted by atomic mass is 9.77. The average Bonchev–Trinajstić information content (AvgIpc) is 1.53. The Kier molecular flexibility index (Phi) is 37.6. The van der Waals surface area contributed by atoms with Gasteiger partial charge in [0.2, 0.25) is 0 Å². The van der Waals surface area contributed by atoms with Crippen LogP contribution in [0, 0.1) is 82.3 Å². The summed E-state index contributed by atoms with van der Waals surface area (Å²) in [7, 11) is -25.5. The summed E-state index contributed by atoms with van der Waals surface area (Å²) in [6.07, 6.45) is 50.4. The standard InChI is InChI=1S/C24H46O3Si2.C22H38O3Si2.C20H38O3Si2.C18H36O8Si3.C15H34O3Si3.4CH4/c1-17(19-9-11-23(3)21(13-19)25-23)15-28(5,6)27-29(7,8)16-18(2)20-10-12-24(4)22(14-20)26-24;1-26(2,9-6-14-11-16-12-17(14)20-18(16)23-20)25-27(3,4)10-8-22-7-5-15(13-22)19-21(22)24-19;1-24(2,11-9-15-5-7-17-19(13-15)21-17)23-25(3,4)12-10-16-6-8-18-20(14-16)22-18;1-27(2,25-28(19,20)9-7-13-3-5-15-17(11-13)23-15)26-29(21,22)10-8-14-4-6-16-18(12-14)24-16;1-19(2,3)17-21(7,18-20(4,5)6)11-10-13-8-9-14-15(12-13)16-14;;;;/h17-22H,9-16H2,1-8H3;14-21H,5-13H2,1-4H3;15-20H,5-14H2,1-4H3;13-22H,3-12H2,1-2H3;13-15H,8-12H2,1-7H3;4*1H4. The van der Waals surface area contributed by atoms with Crippen LogP contribution < -0.4 is 0 Å². The normalized spacial score (nSPS) is 39.8. The van der Waals surface area contributed by atoms with Crippen LogP contribution in [0.1, 0.15) is 269 Å². The molecule has 135 heavy (non-hydrogen) atoms. The maximum absolute atomic E-state index is 10.5. The molecule has 20 rings (SSSR count). The van der Waals surface area contributed by atoms with Crippen molar-refractivity contribution < 1.29 is 90.6 Å². The molecule has 0 aromatic carbocycles. The second kappa shape index (κ2) is 44.0. The highest BCUT2D eigenvalue weighted by molar-refractivity contribution is 6.88. The predicted octanol–water partition coefficient (Wildman–Crippen LogP) is 25.9. The van der Waals surface area contributed by atoms with E-state index in [0.29, 0.717) is 128 Å². The van der Waals surface area contributed by atoms with Crippen molar-refractivity contribution >= 4 is 101 Å². The zero-order chi connectivity index (χ0) is 94.3. The van der Waals surface area contributed by atoms with E-state index in [9.17, 15) is 19.2 Å². The minimum Gasteiger partial charge on any atom is -0.455 e. The van der Waals surface area contributed by atoms with Crippen LogP contribution in [-0.2, 0) is 71.4 Å². The molecule has 0 amide bonds. The van der Waals surface area contributed by atoms with E-state index in [1.165, 1.54) is 197 Å². The van der Waals surface area contributed by atoms with E-state index in [4.69, 9.17) is 71.4 Å². The van der Waals surface area contributed by atoms with Crippen LogP contribution in [0.4, 0.5) is 0 Å². The lowest BCUT2D eigenvalue weighted by Gasteiger charge is -2.40. The molecule has 4 N–H and O–H groups in total. The molecule has 0 spiro atoms. The molecule has 32 atom stereocenters. The van der Waals surface area contributed by atoms with E-state index in [1.807, 2.05) is 0 Å². The van der Waals surface area contributed by atoms with Gasteiger partial charge in [-0.15, -0.1) is 0 Å². The third kappa shape index (κ3) is 33.2. The maximum atomic E-state index is 10.5. The first-order valence-corrected chi connectivity index (χ1v) is 89.4. The molecular weight excluding hydrogens is 1890 g/mol. The van der Waals surface area contributed by atoms with Gasteiger partial charge in [-0.1, -0.05) is 62.8 Å². The van der Waals surface area contributed by atoms with Crippen LogP contribution in [0.2, 0.25) is 192 Å². The summed E-state index contributed by atoms with van der Waals surface area (Å²) >= 11 is 0. The molecule has 0 radical (unpaired) electrons.